The molecule has 4 heterocycles. The second-order valence-electron chi connectivity index (χ2n) is 7.97. The zero-order valence-corrected chi connectivity index (χ0v) is 19.7. The molecular formula is C26H32N6. The number of aromatic amines is 1. The van der Waals surface area contributed by atoms with Gasteiger partial charge in [0.2, 0.25) is 0 Å². The summed E-state index contributed by atoms with van der Waals surface area (Å²) in [6.07, 6.45) is 1.98. The van der Waals surface area contributed by atoms with Crippen molar-refractivity contribution in [1.29, 1.82) is 0 Å². The van der Waals surface area contributed by atoms with Crippen LogP contribution in [0.4, 0.5) is 5.82 Å². The van der Waals surface area contributed by atoms with Gasteiger partial charge in [0.1, 0.15) is 11.6 Å². The molecule has 6 nitrogen and oxygen atoms in total. The molecule has 0 amide bonds. The van der Waals surface area contributed by atoms with Crippen LogP contribution in [-0.4, -0.2) is 46.1 Å². The fraction of sp³-hybridized carbons (Fsp3) is 0.346. The van der Waals surface area contributed by atoms with Gasteiger partial charge in [-0.15, -0.1) is 0 Å². The highest BCUT2D eigenvalue weighted by Gasteiger charge is 2.14. The van der Waals surface area contributed by atoms with Gasteiger partial charge in [0.25, 0.3) is 0 Å². The Kier molecular flexibility index (Phi) is 6.51. The predicted octanol–water partition coefficient (Wildman–Crippen LogP) is 5.05. The molecule has 1 fully saturated rings. The molecule has 1 aliphatic heterocycles. The maximum Gasteiger partial charge on any atom is 0.128 e. The third kappa shape index (κ3) is 4.36. The second-order valence-corrected chi connectivity index (χ2v) is 7.97. The van der Waals surface area contributed by atoms with Crippen LogP contribution in [0, 0.1) is 20.8 Å². The third-order valence-corrected chi connectivity index (χ3v) is 5.80. The van der Waals surface area contributed by atoms with Gasteiger partial charge in [-0.2, -0.15) is 0 Å². The van der Waals surface area contributed by atoms with E-state index in [0.717, 1.165) is 71.5 Å². The monoisotopic (exact) mass is 428 g/mol. The number of H-pyrrole nitrogens is 1. The molecule has 0 saturated carbocycles. The molecule has 0 bridgehead atoms. The minimum Gasteiger partial charge on any atom is -0.354 e. The highest BCUT2D eigenvalue weighted by molar-refractivity contribution is 5.92. The number of pyridine rings is 1. The summed E-state index contributed by atoms with van der Waals surface area (Å²) in [4.78, 5) is 19.7. The lowest BCUT2D eigenvalue weighted by Crippen LogP contribution is -2.43. The first-order chi connectivity index (χ1) is 15.6. The lowest BCUT2D eigenvalue weighted by atomic mass is 10.0. The molecule has 166 valence electrons. The largest absolute Gasteiger partial charge is 0.354 e. The van der Waals surface area contributed by atoms with E-state index in [-0.39, 0.29) is 0 Å². The fourth-order valence-electron chi connectivity index (χ4n) is 4.26. The highest BCUT2D eigenvalue weighted by atomic mass is 15.2. The van der Waals surface area contributed by atoms with Gasteiger partial charge in [0.05, 0.1) is 11.4 Å². The minimum absolute atomic E-state index is 0.791. The number of fused-ring (bicyclic) bond motifs is 1. The van der Waals surface area contributed by atoms with E-state index < -0.39 is 0 Å². The van der Waals surface area contributed by atoms with Crippen LogP contribution in [0.25, 0.3) is 33.4 Å². The van der Waals surface area contributed by atoms with Crippen LogP contribution in [0.2, 0.25) is 0 Å². The molecular weight excluding hydrogens is 396 g/mol. The summed E-state index contributed by atoms with van der Waals surface area (Å²) < 4.78 is 0. The normalized spacial score (nSPS) is 13.7. The van der Waals surface area contributed by atoms with Crippen molar-refractivity contribution in [3.8, 4) is 22.5 Å². The maximum absolute atomic E-state index is 4.72. The van der Waals surface area contributed by atoms with Crippen molar-refractivity contribution in [2.24, 2.45) is 0 Å². The first kappa shape index (κ1) is 22.0. The summed E-state index contributed by atoms with van der Waals surface area (Å²) in [5, 5.41) is 4.60. The lowest BCUT2D eigenvalue weighted by molar-refractivity contribution is 0.585. The average molecular weight is 429 g/mol. The Balaban J connectivity index is 0.00000119. The Morgan fingerprint density at radius 2 is 1.62 bits per heavy atom. The van der Waals surface area contributed by atoms with Crippen molar-refractivity contribution in [1.82, 2.24) is 25.3 Å². The summed E-state index contributed by atoms with van der Waals surface area (Å²) in [6.45, 7) is 14.1. The van der Waals surface area contributed by atoms with E-state index in [9.17, 15) is 0 Å². The van der Waals surface area contributed by atoms with Gasteiger partial charge < -0.3 is 15.2 Å². The fourth-order valence-corrected chi connectivity index (χ4v) is 4.26. The summed E-state index contributed by atoms with van der Waals surface area (Å²) in [5.74, 6) is 1.84. The molecule has 1 aromatic carbocycles. The zero-order chi connectivity index (χ0) is 22.7. The van der Waals surface area contributed by atoms with Crippen LogP contribution in [-0.2, 0) is 0 Å². The number of aromatic nitrogens is 4. The highest BCUT2D eigenvalue weighted by Crippen LogP contribution is 2.32. The van der Waals surface area contributed by atoms with Crippen LogP contribution >= 0.6 is 0 Å². The van der Waals surface area contributed by atoms with E-state index in [2.05, 4.69) is 62.4 Å². The van der Waals surface area contributed by atoms with Gasteiger partial charge in [-0.25, -0.2) is 15.0 Å². The number of anilines is 1. The van der Waals surface area contributed by atoms with Crippen molar-refractivity contribution in [3.63, 3.8) is 0 Å². The molecule has 2 N–H and O–H groups in total. The number of aryl methyl sites for hydroxylation is 3. The van der Waals surface area contributed by atoms with Gasteiger partial charge in [-0.1, -0.05) is 26.0 Å². The van der Waals surface area contributed by atoms with Crippen molar-refractivity contribution < 1.29 is 0 Å². The first-order valence-electron chi connectivity index (χ1n) is 11.5. The SMILES string of the molecule is CC.Cc1cc(-c2[nH]c3cc(-c4ccc(N5CCNCC5)nc4)ccc3c2C)nc(C)n1. The molecule has 5 rings (SSSR count). The quantitative estimate of drug-likeness (QED) is 0.478. The number of piperazine rings is 1. The van der Waals surface area contributed by atoms with Crippen LogP contribution in [0.5, 0.6) is 0 Å². The lowest BCUT2D eigenvalue weighted by Gasteiger charge is -2.28. The van der Waals surface area contributed by atoms with E-state index in [0.29, 0.717) is 0 Å². The van der Waals surface area contributed by atoms with Crippen LogP contribution in [0.15, 0.2) is 42.6 Å². The molecule has 1 saturated heterocycles. The zero-order valence-electron chi connectivity index (χ0n) is 19.7. The summed E-state index contributed by atoms with van der Waals surface area (Å²) in [6, 6.07) is 12.9. The third-order valence-electron chi connectivity index (χ3n) is 5.80. The Morgan fingerprint density at radius 1 is 0.875 bits per heavy atom. The molecule has 4 aromatic rings. The van der Waals surface area contributed by atoms with Crippen LogP contribution in [0.3, 0.4) is 0 Å². The summed E-state index contributed by atoms with van der Waals surface area (Å²) >= 11 is 0. The Hall–Kier alpha value is -3.25. The van der Waals surface area contributed by atoms with Crippen molar-refractivity contribution in [3.05, 3.63) is 59.7 Å². The molecule has 0 radical (unpaired) electrons. The standard InChI is InChI=1S/C24H26N6.C2H6/c1-15-12-22(28-17(3)27-15)24-16(2)20-6-4-18(13-21(20)29-24)19-5-7-23(26-14-19)30-10-8-25-9-11-30;1-2/h4-7,12-14,25,29H,8-11H2,1-3H3;1-2H3. The smallest absolute Gasteiger partial charge is 0.128 e. The van der Waals surface area contributed by atoms with Gasteiger partial charge >= 0.3 is 0 Å². The molecule has 32 heavy (non-hydrogen) atoms. The van der Waals surface area contributed by atoms with Gasteiger partial charge in [-0.05, 0) is 56.2 Å². The Bertz CT molecular complexity index is 1180. The van der Waals surface area contributed by atoms with Crippen molar-refractivity contribution in [2.45, 2.75) is 34.6 Å². The van der Waals surface area contributed by atoms with Gasteiger partial charge in [-0.3, -0.25) is 0 Å². The Labute approximate surface area is 190 Å². The first-order valence-corrected chi connectivity index (χ1v) is 11.5. The van der Waals surface area contributed by atoms with Crippen molar-refractivity contribution in [2.75, 3.05) is 31.1 Å². The molecule has 0 aliphatic carbocycles. The van der Waals surface area contributed by atoms with Gasteiger partial charge in [0.15, 0.2) is 0 Å². The molecule has 1 aliphatic rings. The number of hydrogen-bond acceptors (Lipinski definition) is 5. The van der Waals surface area contributed by atoms with E-state index >= 15 is 0 Å². The minimum atomic E-state index is 0.791. The van der Waals surface area contributed by atoms with Gasteiger partial charge in [0, 0.05) is 54.5 Å². The number of rotatable bonds is 3. The number of benzene rings is 1. The predicted molar refractivity (Wildman–Crippen MR) is 133 cm³/mol. The molecule has 0 unspecified atom stereocenters. The molecule has 0 spiro atoms. The number of nitrogens with one attached hydrogen (secondary N) is 2. The van der Waals surface area contributed by atoms with Crippen LogP contribution in [0.1, 0.15) is 30.9 Å². The van der Waals surface area contributed by atoms with E-state index in [4.69, 9.17) is 4.98 Å². The van der Waals surface area contributed by atoms with E-state index in [1.54, 1.807) is 0 Å². The number of nitrogens with zero attached hydrogens (tertiary/aromatic N) is 4. The summed E-state index contributed by atoms with van der Waals surface area (Å²) in [5.41, 5.74) is 7.58. The van der Waals surface area contributed by atoms with Crippen LogP contribution < -0.4 is 10.2 Å². The van der Waals surface area contributed by atoms with E-state index in [1.165, 1.54) is 10.9 Å². The molecule has 6 heteroatoms. The van der Waals surface area contributed by atoms with Crippen molar-refractivity contribution >= 4 is 16.7 Å². The molecule has 3 aromatic heterocycles. The second kappa shape index (κ2) is 9.49. The summed E-state index contributed by atoms with van der Waals surface area (Å²) in [7, 11) is 0. The topological polar surface area (TPSA) is 69.7 Å². The molecule has 0 atom stereocenters. The Morgan fingerprint density at radius 3 is 2.31 bits per heavy atom. The maximum atomic E-state index is 4.72. The van der Waals surface area contributed by atoms with E-state index in [1.807, 2.05) is 40.0 Å². The number of hydrogen-bond donors (Lipinski definition) is 2. The average Bonchev–Trinajstić information content (AvgIpc) is 3.16.